The van der Waals surface area contributed by atoms with Crippen molar-refractivity contribution >= 4 is 11.3 Å². The lowest BCUT2D eigenvalue weighted by molar-refractivity contribution is 0.0662. The Hall–Kier alpha value is -1.50. The molecule has 1 atom stereocenters. The number of hydrogen-bond acceptors (Lipinski definition) is 5. The molecule has 1 aromatic heterocycles. The first-order chi connectivity index (χ1) is 10.7. The second-order valence-corrected chi connectivity index (χ2v) is 6.45. The quantitative estimate of drug-likeness (QED) is 0.919. The number of aliphatic hydroxyl groups excluding tert-OH is 1. The van der Waals surface area contributed by atoms with E-state index in [1.54, 1.807) is 23.5 Å². The number of aromatic nitrogens is 1. The van der Waals surface area contributed by atoms with E-state index in [9.17, 15) is 9.50 Å². The minimum Gasteiger partial charge on any atom is -0.486 e. The first-order valence-corrected chi connectivity index (χ1v) is 8.29. The van der Waals surface area contributed by atoms with Crippen LogP contribution in [-0.4, -0.2) is 34.2 Å². The van der Waals surface area contributed by atoms with Crippen molar-refractivity contribution in [2.45, 2.75) is 32.1 Å². The molecule has 4 nitrogen and oxygen atoms in total. The van der Waals surface area contributed by atoms with E-state index in [1.165, 1.54) is 12.1 Å². The monoisotopic (exact) mass is 322 g/mol. The van der Waals surface area contributed by atoms with Crippen LogP contribution in [0.15, 0.2) is 29.6 Å². The molecule has 22 heavy (non-hydrogen) atoms. The van der Waals surface area contributed by atoms with Gasteiger partial charge in [-0.3, -0.25) is 4.90 Å². The highest BCUT2D eigenvalue weighted by Crippen LogP contribution is 2.18. The second-order valence-electron chi connectivity index (χ2n) is 5.51. The minimum atomic E-state index is -0.271. The summed E-state index contributed by atoms with van der Waals surface area (Å²) in [5, 5.41) is 12.6. The number of rotatable bonds is 5. The van der Waals surface area contributed by atoms with Crippen molar-refractivity contribution in [1.82, 2.24) is 9.88 Å². The molecule has 1 fully saturated rings. The van der Waals surface area contributed by atoms with Gasteiger partial charge in [-0.2, -0.15) is 0 Å². The number of benzene rings is 1. The van der Waals surface area contributed by atoms with Gasteiger partial charge >= 0.3 is 0 Å². The van der Waals surface area contributed by atoms with Crippen molar-refractivity contribution in [2.24, 2.45) is 0 Å². The van der Waals surface area contributed by atoms with Crippen LogP contribution in [0, 0.1) is 5.82 Å². The van der Waals surface area contributed by atoms with Gasteiger partial charge in [-0.25, -0.2) is 9.37 Å². The highest BCUT2D eigenvalue weighted by atomic mass is 32.1. The lowest BCUT2D eigenvalue weighted by Gasteiger charge is -2.29. The maximum atomic E-state index is 12.8. The van der Waals surface area contributed by atoms with Crippen molar-refractivity contribution in [2.75, 3.05) is 13.1 Å². The lowest BCUT2D eigenvalue weighted by atomic mass is 10.1. The third-order valence-corrected chi connectivity index (χ3v) is 4.51. The number of piperidine rings is 1. The number of ether oxygens (including phenoxy) is 1. The van der Waals surface area contributed by atoms with E-state index in [2.05, 4.69) is 9.88 Å². The van der Waals surface area contributed by atoms with Crippen LogP contribution in [0.2, 0.25) is 0 Å². The molecule has 1 N–H and O–H groups in total. The Morgan fingerprint density at radius 3 is 2.95 bits per heavy atom. The Kier molecular flexibility index (Phi) is 5.02. The van der Waals surface area contributed by atoms with Crippen LogP contribution >= 0.6 is 11.3 Å². The van der Waals surface area contributed by atoms with Gasteiger partial charge in [0.05, 0.1) is 11.8 Å². The zero-order chi connectivity index (χ0) is 15.4. The molecule has 0 spiro atoms. The molecule has 6 heteroatoms. The van der Waals surface area contributed by atoms with Crippen molar-refractivity contribution < 1.29 is 14.2 Å². The van der Waals surface area contributed by atoms with Gasteiger partial charge in [-0.1, -0.05) is 0 Å². The van der Waals surface area contributed by atoms with Gasteiger partial charge in [0.2, 0.25) is 0 Å². The highest BCUT2D eigenvalue weighted by molar-refractivity contribution is 7.09. The summed E-state index contributed by atoms with van der Waals surface area (Å²) in [5.74, 6) is 0.366. The summed E-state index contributed by atoms with van der Waals surface area (Å²) in [6, 6.07) is 5.98. The van der Waals surface area contributed by atoms with Crippen LogP contribution in [0.4, 0.5) is 4.39 Å². The molecule has 0 saturated carbocycles. The third-order valence-electron chi connectivity index (χ3n) is 3.64. The fourth-order valence-electron chi connectivity index (χ4n) is 2.57. The maximum Gasteiger partial charge on any atom is 0.140 e. The zero-order valence-electron chi connectivity index (χ0n) is 12.2. The fraction of sp³-hybridized carbons (Fsp3) is 0.438. The number of hydrogen-bond donors (Lipinski definition) is 1. The molecule has 3 rings (SSSR count). The summed E-state index contributed by atoms with van der Waals surface area (Å²) in [6.45, 7) is 2.89. The minimum absolute atomic E-state index is 0.214. The largest absolute Gasteiger partial charge is 0.486 e. The Balaban J connectivity index is 1.51. The number of nitrogens with zero attached hydrogens (tertiary/aromatic N) is 2. The first-order valence-electron chi connectivity index (χ1n) is 7.41. The van der Waals surface area contributed by atoms with Gasteiger partial charge < -0.3 is 9.84 Å². The molecule has 118 valence electrons. The number of aliphatic hydroxyl groups is 1. The number of likely N-dealkylation sites (tertiary alicyclic amines) is 1. The van der Waals surface area contributed by atoms with E-state index < -0.39 is 0 Å². The van der Waals surface area contributed by atoms with Crippen LogP contribution in [-0.2, 0) is 13.2 Å². The van der Waals surface area contributed by atoms with Gasteiger partial charge in [-0.15, -0.1) is 11.3 Å². The Morgan fingerprint density at radius 2 is 2.18 bits per heavy atom. The predicted molar refractivity (Wildman–Crippen MR) is 83.4 cm³/mol. The molecule has 2 aromatic rings. The first kappa shape index (κ1) is 15.4. The normalized spacial score (nSPS) is 19.3. The van der Waals surface area contributed by atoms with E-state index in [-0.39, 0.29) is 11.9 Å². The standard InChI is InChI=1S/C16H19FN2O2S/c17-12-3-5-15(6-4-12)21-10-16-18-13(11-22-16)8-19-7-1-2-14(20)9-19/h3-6,11,14,20H,1-2,7-10H2/t14-/m0/s1. The molecule has 1 aliphatic rings. The molecular formula is C16H19FN2O2S. The SMILES string of the molecule is O[C@H]1CCCN(Cc2csc(COc3ccc(F)cc3)n2)C1. The molecule has 0 aliphatic carbocycles. The number of thiazole rings is 1. The van der Waals surface area contributed by atoms with Crippen molar-refractivity contribution in [3.8, 4) is 5.75 Å². The van der Waals surface area contributed by atoms with Crippen LogP contribution < -0.4 is 4.74 Å². The Morgan fingerprint density at radius 1 is 1.36 bits per heavy atom. The summed E-state index contributed by atoms with van der Waals surface area (Å²) in [5.41, 5.74) is 1.01. The molecule has 0 unspecified atom stereocenters. The van der Waals surface area contributed by atoms with Crippen molar-refractivity contribution in [1.29, 1.82) is 0 Å². The summed E-state index contributed by atoms with van der Waals surface area (Å²) in [4.78, 5) is 6.79. The van der Waals surface area contributed by atoms with Gasteiger partial charge in [0.1, 0.15) is 23.2 Å². The van der Waals surface area contributed by atoms with Crippen LogP contribution in [0.3, 0.4) is 0 Å². The zero-order valence-corrected chi connectivity index (χ0v) is 13.1. The molecule has 2 heterocycles. The summed E-state index contributed by atoms with van der Waals surface area (Å²) >= 11 is 1.56. The van der Waals surface area contributed by atoms with Gasteiger partial charge in [0, 0.05) is 18.5 Å². The number of halogens is 1. The molecule has 1 aromatic carbocycles. The molecule has 1 saturated heterocycles. The van der Waals surface area contributed by atoms with E-state index in [1.807, 2.05) is 5.38 Å². The second kappa shape index (κ2) is 7.17. The van der Waals surface area contributed by atoms with E-state index in [4.69, 9.17) is 4.74 Å². The number of β-amino-alcohol motifs (C(OH)–C–C–N with tert-alkyl or cyclic N) is 1. The summed E-state index contributed by atoms with van der Waals surface area (Å²) in [7, 11) is 0. The van der Waals surface area contributed by atoms with Gasteiger partial charge in [0.25, 0.3) is 0 Å². The summed E-state index contributed by atoms with van der Waals surface area (Å²) in [6.07, 6.45) is 1.71. The highest BCUT2D eigenvalue weighted by Gasteiger charge is 2.18. The smallest absolute Gasteiger partial charge is 0.140 e. The molecule has 0 radical (unpaired) electrons. The molecule has 0 bridgehead atoms. The van der Waals surface area contributed by atoms with Crippen LogP contribution in [0.1, 0.15) is 23.5 Å². The third kappa shape index (κ3) is 4.25. The Bertz CT molecular complexity index is 602. The molecule has 1 aliphatic heterocycles. The van der Waals surface area contributed by atoms with Crippen molar-refractivity contribution in [3.05, 3.63) is 46.2 Å². The van der Waals surface area contributed by atoms with Crippen molar-refractivity contribution in [3.63, 3.8) is 0 Å². The summed E-state index contributed by atoms with van der Waals surface area (Å²) < 4.78 is 18.4. The van der Waals surface area contributed by atoms with E-state index in [0.717, 1.165) is 43.2 Å². The average molecular weight is 322 g/mol. The topological polar surface area (TPSA) is 45.6 Å². The van der Waals surface area contributed by atoms with E-state index in [0.29, 0.717) is 12.4 Å². The predicted octanol–water partition coefficient (Wildman–Crippen LogP) is 2.82. The molecule has 0 amide bonds. The van der Waals surface area contributed by atoms with Gasteiger partial charge in [0.15, 0.2) is 0 Å². The van der Waals surface area contributed by atoms with E-state index >= 15 is 0 Å². The average Bonchev–Trinajstić information content (AvgIpc) is 2.94. The maximum absolute atomic E-state index is 12.8. The fourth-order valence-corrected chi connectivity index (χ4v) is 3.26. The van der Waals surface area contributed by atoms with Gasteiger partial charge in [-0.05, 0) is 43.7 Å². The van der Waals surface area contributed by atoms with Crippen LogP contribution in [0.5, 0.6) is 5.75 Å². The Labute approximate surface area is 133 Å². The lowest BCUT2D eigenvalue weighted by Crippen LogP contribution is -2.37. The molecular weight excluding hydrogens is 303 g/mol. The van der Waals surface area contributed by atoms with Crippen LogP contribution in [0.25, 0.3) is 0 Å².